The number of nitrogens with zero attached hydrogens (tertiary/aromatic N) is 2. The first-order chi connectivity index (χ1) is 10.4. The molecule has 0 aliphatic carbocycles. The summed E-state index contributed by atoms with van der Waals surface area (Å²) in [5.74, 6) is 2.83. The molecule has 110 valence electrons. The van der Waals surface area contributed by atoms with Gasteiger partial charge in [-0.3, -0.25) is 4.90 Å². The molecule has 2 aliphatic heterocycles. The predicted molar refractivity (Wildman–Crippen MR) is 78.4 cm³/mol. The highest BCUT2D eigenvalue weighted by molar-refractivity contribution is 5.49. The molecule has 0 amide bonds. The number of imidazole rings is 1. The third-order valence-corrected chi connectivity index (χ3v) is 4.23. The summed E-state index contributed by atoms with van der Waals surface area (Å²) in [6.45, 7) is 3.21. The topological polar surface area (TPSA) is 50.4 Å². The minimum Gasteiger partial charge on any atom is -0.486 e. The number of benzene rings is 1. The van der Waals surface area contributed by atoms with Crippen molar-refractivity contribution in [1.29, 1.82) is 0 Å². The van der Waals surface area contributed by atoms with E-state index in [2.05, 4.69) is 27.0 Å². The molecule has 5 heteroatoms. The first-order valence-electron chi connectivity index (χ1n) is 7.52. The third-order valence-electron chi connectivity index (χ3n) is 4.23. The number of ether oxygens (including phenoxy) is 2. The summed E-state index contributed by atoms with van der Waals surface area (Å²) in [4.78, 5) is 10.00. The van der Waals surface area contributed by atoms with Crippen molar-refractivity contribution in [3.05, 3.63) is 42.0 Å². The molecule has 0 spiro atoms. The van der Waals surface area contributed by atoms with Gasteiger partial charge in [0.15, 0.2) is 11.5 Å². The van der Waals surface area contributed by atoms with Crippen molar-refractivity contribution in [3.63, 3.8) is 0 Å². The van der Waals surface area contributed by atoms with Crippen LogP contribution in [0.1, 0.15) is 30.3 Å². The minimum absolute atomic E-state index is 0.381. The molecular formula is C16H19N3O2. The average Bonchev–Trinajstić information content (AvgIpc) is 3.19. The molecule has 1 atom stereocenters. The van der Waals surface area contributed by atoms with E-state index >= 15 is 0 Å². The molecule has 1 saturated heterocycles. The second-order valence-corrected chi connectivity index (χ2v) is 5.54. The van der Waals surface area contributed by atoms with Crippen LogP contribution < -0.4 is 9.47 Å². The van der Waals surface area contributed by atoms with Crippen LogP contribution in [0.2, 0.25) is 0 Å². The molecule has 21 heavy (non-hydrogen) atoms. The quantitative estimate of drug-likeness (QED) is 0.941. The Hall–Kier alpha value is -2.01. The van der Waals surface area contributed by atoms with Crippen LogP contribution in [0.4, 0.5) is 0 Å². The van der Waals surface area contributed by atoms with Crippen LogP contribution in [0.5, 0.6) is 11.5 Å². The van der Waals surface area contributed by atoms with Gasteiger partial charge in [0.05, 0.1) is 6.54 Å². The Balaban J connectivity index is 1.62. The molecule has 4 rings (SSSR count). The first-order valence-corrected chi connectivity index (χ1v) is 7.52. The molecule has 2 aromatic rings. The molecule has 0 saturated carbocycles. The molecule has 1 aromatic heterocycles. The molecule has 0 radical (unpaired) electrons. The van der Waals surface area contributed by atoms with E-state index in [1.54, 1.807) is 0 Å². The Bertz CT molecular complexity index is 612. The molecular weight excluding hydrogens is 266 g/mol. The number of rotatable bonds is 3. The van der Waals surface area contributed by atoms with Crippen LogP contribution in [0, 0.1) is 0 Å². The number of aromatic nitrogens is 2. The Morgan fingerprint density at radius 3 is 3.14 bits per heavy atom. The highest BCUT2D eigenvalue weighted by Crippen LogP contribution is 2.42. The number of H-pyrrole nitrogens is 1. The molecule has 1 N–H and O–H groups in total. The fourth-order valence-electron chi connectivity index (χ4n) is 3.30. The van der Waals surface area contributed by atoms with Crippen molar-refractivity contribution in [1.82, 2.24) is 14.9 Å². The average molecular weight is 285 g/mol. The van der Waals surface area contributed by atoms with Crippen molar-refractivity contribution < 1.29 is 9.47 Å². The van der Waals surface area contributed by atoms with Crippen molar-refractivity contribution in [2.45, 2.75) is 25.4 Å². The number of hydrogen-bond acceptors (Lipinski definition) is 4. The van der Waals surface area contributed by atoms with Crippen LogP contribution in [0.15, 0.2) is 30.6 Å². The molecule has 0 unspecified atom stereocenters. The molecule has 1 aromatic carbocycles. The summed E-state index contributed by atoms with van der Waals surface area (Å²) in [5.41, 5.74) is 1.25. The van der Waals surface area contributed by atoms with Gasteiger partial charge < -0.3 is 14.5 Å². The SMILES string of the molecule is c1cc2c(c([C@@H]3CCCN3Cc3ncc[nH]3)c1)OCCO2. The van der Waals surface area contributed by atoms with Crippen molar-refractivity contribution in [3.8, 4) is 11.5 Å². The normalized spacial score (nSPS) is 21.6. The zero-order valence-corrected chi connectivity index (χ0v) is 11.9. The number of hydrogen-bond donors (Lipinski definition) is 1. The Morgan fingerprint density at radius 2 is 2.24 bits per heavy atom. The number of nitrogens with one attached hydrogen (secondary N) is 1. The monoisotopic (exact) mass is 285 g/mol. The van der Waals surface area contributed by atoms with Crippen LogP contribution in [-0.4, -0.2) is 34.6 Å². The van der Waals surface area contributed by atoms with Gasteiger partial charge in [0, 0.05) is 24.0 Å². The van der Waals surface area contributed by atoms with Gasteiger partial charge in [0.2, 0.25) is 0 Å². The Kier molecular flexibility index (Phi) is 3.27. The van der Waals surface area contributed by atoms with Crippen LogP contribution >= 0.6 is 0 Å². The zero-order chi connectivity index (χ0) is 14.1. The maximum Gasteiger partial charge on any atom is 0.166 e. The second-order valence-electron chi connectivity index (χ2n) is 5.54. The van der Waals surface area contributed by atoms with E-state index in [-0.39, 0.29) is 0 Å². The highest BCUT2D eigenvalue weighted by Gasteiger charge is 2.30. The van der Waals surface area contributed by atoms with Gasteiger partial charge >= 0.3 is 0 Å². The Labute approximate surface area is 123 Å². The van der Waals surface area contributed by atoms with Crippen LogP contribution in [-0.2, 0) is 6.54 Å². The van der Waals surface area contributed by atoms with Crippen molar-refractivity contribution in [2.75, 3.05) is 19.8 Å². The highest BCUT2D eigenvalue weighted by atomic mass is 16.6. The van der Waals surface area contributed by atoms with E-state index in [0.717, 1.165) is 36.8 Å². The maximum absolute atomic E-state index is 5.88. The summed E-state index contributed by atoms with van der Waals surface area (Å²) in [6.07, 6.45) is 6.04. The lowest BCUT2D eigenvalue weighted by atomic mass is 10.0. The van der Waals surface area contributed by atoms with Gasteiger partial charge in [-0.2, -0.15) is 0 Å². The standard InChI is InChI=1S/C16H19N3O2/c1-3-12(16-14(5-1)20-9-10-21-16)13-4-2-8-19(13)11-15-17-6-7-18-15/h1,3,5-7,13H,2,4,8-11H2,(H,17,18)/t13-/m0/s1. The molecule has 1 fully saturated rings. The smallest absolute Gasteiger partial charge is 0.166 e. The fraction of sp³-hybridized carbons (Fsp3) is 0.438. The number of aromatic amines is 1. The number of likely N-dealkylation sites (tertiary alicyclic amines) is 1. The van der Waals surface area contributed by atoms with E-state index in [9.17, 15) is 0 Å². The van der Waals surface area contributed by atoms with E-state index in [1.165, 1.54) is 12.0 Å². The van der Waals surface area contributed by atoms with Crippen molar-refractivity contribution in [2.24, 2.45) is 0 Å². The predicted octanol–water partition coefficient (Wildman–Crippen LogP) is 2.52. The van der Waals surface area contributed by atoms with Crippen LogP contribution in [0.25, 0.3) is 0 Å². The Morgan fingerprint density at radius 1 is 1.29 bits per heavy atom. The summed E-state index contributed by atoms with van der Waals surface area (Å²) in [5, 5.41) is 0. The minimum atomic E-state index is 0.381. The molecule has 5 nitrogen and oxygen atoms in total. The van der Waals surface area contributed by atoms with Gasteiger partial charge in [-0.05, 0) is 25.5 Å². The number of para-hydroxylation sites is 1. The van der Waals surface area contributed by atoms with E-state index in [4.69, 9.17) is 9.47 Å². The summed E-state index contributed by atoms with van der Waals surface area (Å²) < 4.78 is 11.6. The number of fused-ring (bicyclic) bond motifs is 1. The summed E-state index contributed by atoms with van der Waals surface area (Å²) in [6, 6.07) is 6.60. The lowest BCUT2D eigenvalue weighted by Crippen LogP contribution is -2.25. The lowest BCUT2D eigenvalue weighted by Gasteiger charge is -2.28. The summed E-state index contributed by atoms with van der Waals surface area (Å²) in [7, 11) is 0. The second kappa shape index (κ2) is 5.41. The van der Waals surface area contributed by atoms with E-state index < -0.39 is 0 Å². The van der Waals surface area contributed by atoms with Gasteiger partial charge in [0.25, 0.3) is 0 Å². The van der Waals surface area contributed by atoms with Gasteiger partial charge in [-0.15, -0.1) is 0 Å². The third kappa shape index (κ3) is 2.38. The van der Waals surface area contributed by atoms with Crippen molar-refractivity contribution >= 4 is 0 Å². The van der Waals surface area contributed by atoms with Gasteiger partial charge in [0.1, 0.15) is 19.0 Å². The van der Waals surface area contributed by atoms with Crippen LogP contribution in [0.3, 0.4) is 0 Å². The molecule has 0 bridgehead atoms. The first kappa shape index (κ1) is 12.7. The molecule has 3 heterocycles. The van der Waals surface area contributed by atoms with Gasteiger partial charge in [-0.1, -0.05) is 12.1 Å². The summed E-state index contributed by atoms with van der Waals surface area (Å²) >= 11 is 0. The lowest BCUT2D eigenvalue weighted by molar-refractivity contribution is 0.163. The zero-order valence-electron chi connectivity index (χ0n) is 11.9. The van der Waals surface area contributed by atoms with E-state index in [0.29, 0.717) is 19.3 Å². The van der Waals surface area contributed by atoms with Gasteiger partial charge in [-0.25, -0.2) is 4.98 Å². The molecule has 2 aliphatic rings. The fourth-order valence-corrected chi connectivity index (χ4v) is 3.30. The van der Waals surface area contributed by atoms with E-state index in [1.807, 2.05) is 18.5 Å². The largest absolute Gasteiger partial charge is 0.486 e. The maximum atomic E-state index is 5.88.